The van der Waals surface area contributed by atoms with Crippen LogP contribution in [0.5, 0.6) is 5.75 Å². The average Bonchev–Trinajstić information content (AvgIpc) is 3.05. The number of rotatable bonds is 6. The molecular weight excluding hydrogens is 352 g/mol. The molecule has 0 bridgehead atoms. The largest absolute Gasteiger partial charge is 0.497 e. The van der Waals surface area contributed by atoms with E-state index >= 15 is 0 Å². The van der Waals surface area contributed by atoms with E-state index < -0.39 is 10.0 Å². The number of hydrogen-bond donors (Lipinski definition) is 1. The van der Waals surface area contributed by atoms with Crippen LogP contribution in [0.25, 0.3) is 22.4 Å². The third-order valence-corrected chi connectivity index (χ3v) is 5.04. The van der Waals surface area contributed by atoms with E-state index in [4.69, 9.17) is 14.4 Å². The van der Waals surface area contributed by atoms with E-state index in [1.54, 1.807) is 25.3 Å². The van der Waals surface area contributed by atoms with Crippen LogP contribution in [-0.4, -0.2) is 20.7 Å². The number of primary sulfonamides is 1. The van der Waals surface area contributed by atoms with Gasteiger partial charge in [-0.2, -0.15) is 0 Å². The lowest BCUT2D eigenvalue weighted by Gasteiger charge is -2.09. The summed E-state index contributed by atoms with van der Waals surface area (Å²) in [4.78, 5) is 0.0512. The molecule has 1 aromatic heterocycles. The molecule has 0 spiro atoms. The number of ether oxygens (including phenoxy) is 1. The number of nitrogens with two attached hydrogens (primary N) is 1. The minimum Gasteiger partial charge on any atom is -0.497 e. The Morgan fingerprint density at radius 3 is 2.42 bits per heavy atom. The van der Waals surface area contributed by atoms with Crippen molar-refractivity contribution < 1.29 is 17.7 Å². The van der Waals surface area contributed by atoms with Crippen molar-refractivity contribution in [1.29, 1.82) is 0 Å². The zero-order valence-corrected chi connectivity index (χ0v) is 15.4. The van der Waals surface area contributed by atoms with E-state index in [1.807, 2.05) is 31.2 Å². The maximum Gasteiger partial charge on any atom is 0.238 e. The molecule has 0 amide bonds. The van der Waals surface area contributed by atoms with Gasteiger partial charge in [0.05, 0.1) is 17.6 Å². The van der Waals surface area contributed by atoms with E-state index in [-0.39, 0.29) is 4.90 Å². The lowest BCUT2D eigenvalue weighted by molar-refractivity contribution is 0.385. The van der Waals surface area contributed by atoms with Gasteiger partial charge in [0.15, 0.2) is 0 Å². The Morgan fingerprint density at radius 2 is 1.81 bits per heavy atom. The highest BCUT2D eigenvalue weighted by atomic mass is 32.2. The van der Waals surface area contributed by atoms with Crippen molar-refractivity contribution in [3.8, 4) is 28.1 Å². The third-order valence-electron chi connectivity index (χ3n) is 4.07. The standard InChI is InChI=1S/C19H20N2O4S/c1-3-6-16-18(15-7-4-5-8-17(15)26(20,22)23)19(21-25-16)13-9-11-14(24-2)12-10-13/h4-5,7-12H,3,6H2,1-2H3,(H2,20,22,23). The number of benzene rings is 2. The molecule has 0 aliphatic rings. The molecule has 3 aromatic rings. The van der Waals surface area contributed by atoms with Crippen LogP contribution in [0.15, 0.2) is 57.9 Å². The van der Waals surface area contributed by atoms with E-state index in [2.05, 4.69) is 5.16 Å². The maximum absolute atomic E-state index is 12.1. The van der Waals surface area contributed by atoms with Crippen LogP contribution in [0.4, 0.5) is 0 Å². The highest BCUT2D eigenvalue weighted by Gasteiger charge is 2.24. The minimum absolute atomic E-state index is 0.0512. The van der Waals surface area contributed by atoms with Crippen LogP contribution >= 0.6 is 0 Å². The first kappa shape index (κ1) is 18.2. The molecule has 2 N–H and O–H groups in total. The topological polar surface area (TPSA) is 95.4 Å². The van der Waals surface area contributed by atoms with Crippen molar-refractivity contribution in [1.82, 2.24) is 5.16 Å². The molecule has 0 aliphatic carbocycles. The molecule has 0 unspecified atom stereocenters. The predicted octanol–water partition coefficient (Wildman–Crippen LogP) is 3.62. The number of sulfonamides is 1. The van der Waals surface area contributed by atoms with Crippen molar-refractivity contribution in [2.45, 2.75) is 24.7 Å². The van der Waals surface area contributed by atoms with E-state index in [0.29, 0.717) is 29.0 Å². The maximum atomic E-state index is 12.1. The first-order valence-electron chi connectivity index (χ1n) is 8.21. The highest BCUT2D eigenvalue weighted by Crippen LogP contribution is 2.38. The Balaban J connectivity index is 2.25. The van der Waals surface area contributed by atoms with Crippen molar-refractivity contribution in [2.24, 2.45) is 5.14 Å². The Hall–Kier alpha value is -2.64. The van der Waals surface area contributed by atoms with Crippen LogP contribution < -0.4 is 9.88 Å². The summed E-state index contributed by atoms with van der Waals surface area (Å²) in [6.45, 7) is 2.02. The first-order valence-corrected chi connectivity index (χ1v) is 9.75. The van der Waals surface area contributed by atoms with Gasteiger partial charge in [-0.1, -0.05) is 30.3 Å². The molecule has 136 valence electrons. The van der Waals surface area contributed by atoms with Crippen molar-refractivity contribution >= 4 is 10.0 Å². The van der Waals surface area contributed by atoms with Gasteiger partial charge >= 0.3 is 0 Å². The fourth-order valence-electron chi connectivity index (χ4n) is 2.87. The second-order valence-corrected chi connectivity index (χ2v) is 7.38. The van der Waals surface area contributed by atoms with Gasteiger partial charge < -0.3 is 9.26 Å². The summed E-state index contributed by atoms with van der Waals surface area (Å²) in [6.07, 6.45) is 1.47. The van der Waals surface area contributed by atoms with Gasteiger partial charge in [-0.15, -0.1) is 0 Å². The first-order chi connectivity index (χ1) is 12.5. The molecular formula is C19H20N2O4S. The fraction of sp³-hybridized carbons (Fsp3) is 0.211. The smallest absolute Gasteiger partial charge is 0.238 e. The van der Waals surface area contributed by atoms with Gasteiger partial charge in [-0.25, -0.2) is 13.6 Å². The third kappa shape index (κ3) is 3.49. The van der Waals surface area contributed by atoms with E-state index in [9.17, 15) is 8.42 Å². The summed E-state index contributed by atoms with van der Waals surface area (Å²) in [5.41, 5.74) is 2.52. The monoisotopic (exact) mass is 372 g/mol. The molecule has 0 atom stereocenters. The summed E-state index contributed by atoms with van der Waals surface area (Å²) in [7, 11) is -2.29. The molecule has 7 heteroatoms. The molecule has 6 nitrogen and oxygen atoms in total. The number of hydrogen-bond acceptors (Lipinski definition) is 5. The summed E-state index contributed by atoms with van der Waals surface area (Å²) in [6, 6.07) is 14.0. The Kier molecular flexibility index (Phi) is 5.11. The zero-order chi connectivity index (χ0) is 18.7. The highest BCUT2D eigenvalue weighted by molar-refractivity contribution is 7.89. The Labute approximate surface area is 152 Å². The fourth-order valence-corrected chi connectivity index (χ4v) is 3.61. The molecule has 26 heavy (non-hydrogen) atoms. The van der Waals surface area contributed by atoms with Crippen LogP contribution in [0.1, 0.15) is 19.1 Å². The van der Waals surface area contributed by atoms with Crippen molar-refractivity contribution in [2.75, 3.05) is 7.11 Å². The normalized spacial score (nSPS) is 11.5. The zero-order valence-electron chi connectivity index (χ0n) is 14.6. The lowest BCUT2D eigenvalue weighted by atomic mass is 9.97. The number of aromatic nitrogens is 1. The quantitative estimate of drug-likeness (QED) is 0.713. The molecule has 0 aliphatic heterocycles. The van der Waals surface area contributed by atoms with Gasteiger partial charge in [0.1, 0.15) is 17.2 Å². The van der Waals surface area contributed by atoms with Gasteiger partial charge in [-0.05, 0) is 36.8 Å². The van der Waals surface area contributed by atoms with Gasteiger partial charge in [-0.3, -0.25) is 0 Å². The van der Waals surface area contributed by atoms with Crippen LogP contribution in [0, 0.1) is 0 Å². The molecule has 0 saturated carbocycles. The van der Waals surface area contributed by atoms with Crippen LogP contribution in [-0.2, 0) is 16.4 Å². The minimum atomic E-state index is -3.89. The number of aryl methyl sites for hydroxylation is 1. The molecule has 0 saturated heterocycles. The van der Waals surface area contributed by atoms with Crippen molar-refractivity contribution in [3.63, 3.8) is 0 Å². The van der Waals surface area contributed by atoms with Gasteiger partial charge in [0.25, 0.3) is 0 Å². The second kappa shape index (κ2) is 7.31. The summed E-state index contributed by atoms with van der Waals surface area (Å²) < 4.78 is 34.9. The summed E-state index contributed by atoms with van der Waals surface area (Å²) in [5.74, 6) is 1.35. The van der Waals surface area contributed by atoms with Crippen LogP contribution in [0.3, 0.4) is 0 Å². The Bertz CT molecular complexity index is 1010. The molecule has 1 heterocycles. The average molecular weight is 372 g/mol. The van der Waals surface area contributed by atoms with Crippen LogP contribution in [0.2, 0.25) is 0 Å². The lowest BCUT2D eigenvalue weighted by Crippen LogP contribution is -2.13. The number of nitrogens with zero attached hydrogens (tertiary/aromatic N) is 1. The predicted molar refractivity (Wildman–Crippen MR) is 99.3 cm³/mol. The van der Waals surface area contributed by atoms with E-state index in [1.165, 1.54) is 6.07 Å². The summed E-state index contributed by atoms with van der Waals surface area (Å²) >= 11 is 0. The Morgan fingerprint density at radius 1 is 1.12 bits per heavy atom. The van der Waals surface area contributed by atoms with Crippen molar-refractivity contribution in [3.05, 3.63) is 54.3 Å². The molecule has 2 aromatic carbocycles. The van der Waals surface area contributed by atoms with Gasteiger partial charge in [0.2, 0.25) is 10.0 Å². The molecule has 3 rings (SSSR count). The van der Waals surface area contributed by atoms with E-state index in [0.717, 1.165) is 17.7 Å². The summed E-state index contributed by atoms with van der Waals surface area (Å²) in [5, 5.41) is 9.63. The SMILES string of the molecule is CCCc1onc(-c2ccc(OC)cc2)c1-c1ccccc1S(N)(=O)=O. The molecule has 0 radical (unpaired) electrons. The number of methoxy groups -OCH3 is 1. The molecule has 0 fully saturated rings. The second-order valence-electron chi connectivity index (χ2n) is 5.85. The van der Waals surface area contributed by atoms with Gasteiger partial charge in [0, 0.05) is 17.5 Å².